The van der Waals surface area contributed by atoms with E-state index in [1.165, 1.54) is 12.8 Å². The van der Waals surface area contributed by atoms with Gasteiger partial charge in [-0.05, 0) is 43.7 Å². The zero-order chi connectivity index (χ0) is 14.5. The van der Waals surface area contributed by atoms with E-state index in [2.05, 4.69) is 16.9 Å². The standard InChI is InChI=1S/C15H22N2O2S/c1-10(18)11-6-8-12(9-7-11)16-15(19)17-13-4-3-5-14(13)20-2/h6-10,13-14,18H,3-5H2,1-2H3,(H2,16,17,19). The van der Waals surface area contributed by atoms with E-state index in [-0.39, 0.29) is 12.1 Å². The third-order valence-corrected chi connectivity index (χ3v) is 4.89. The molecule has 0 radical (unpaired) electrons. The number of aliphatic hydroxyl groups is 1. The van der Waals surface area contributed by atoms with Crippen LogP contribution >= 0.6 is 11.8 Å². The van der Waals surface area contributed by atoms with E-state index < -0.39 is 6.10 Å². The van der Waals surface area contributed by atoms with Crippen molar-refractivity contribution >= 4 is 23.5 Å². The Balaban J connectivity index is 1.88. The van der Waals surface area contributed by atoms with Gasteiger partial charge in [0.2, 0.25) is 0 Å². The number of anilines is 1. The molecule has 3 N–H and O–H groups in total. The minimum absolute atomic E-state index is 0.152. The lowest BCUT2D eigenvalue weighted by Crippen LogP contribution is -2.41. The maximum absolute atomic E-state index is 12.0. The molecule has 1 fully saturated rings. The van der Waals surface area contributed by atoms with Crippen LogP contribution in [0.2, 0.25) is 0 Å². The van der Waals surface area contributed by atoms with Crippen molar-refractivity contribution in [3.8, 4) is 0 Å². The average molecular weight is 294 g/mol. The summed E-state index contributed by atoms with van der Waals surface area (Å²) in [6.07, 6.45) is 5.02. The molecule has 5 heteroatoms. The Labute approximate surface area is 124 Å². The van der Waals surface area contributed by atoms with Crippen LogP contribution in [0.1, 0.15) is 37.9 Å². The lowest BCUT2D eigenvalue weighted by Gasteiger charge is -2.19. The Hall–Kier alpha value is -1.20. The van der Waals surface area contributed by atoms with Crippen LogP contribution in [0.4, 0.5) is 10.5 Å². The van der Waals surface area contributed by atoms with Gasteiger partial charge in [-0.25, -0.2) is 4.79 Å². The molecule has 3 unspecified atom stereocenters. The van der Waals surface area contributed by atoms with Crippen LogP contribution in [0.15, 0.2) is 24.3 Å². The molecule has 1 aliphatic rings. The zero-order valence-corrected chi connectivity index (χ0v) is 12.7. The highest BCUT2D eigenvalue weighted by molar-refractivity contribution is 7.99. The third kappa shape index (κ3) is 3.90. The fourth-order valence-corrected chi connectivity index (χ4v) is 3.49. The number of aliphatic hydroxyl groups excluding tert-OH is 1. The molecule has 0 bridgehead atoms. The minimum Gasteiger partial charge on any atom is -0.389 e. The molecule has 0 spiro atoms. The molecule has 2 amide bonds. The van der Waals surface area contributed by atoms with Crippen LogP contribution in [0, 0.1) is 0 Å². The molecule has 0 heterocycles. The molecule has 4 nitrogen and oxygen atoms in total. The predicted molar refractivity (Wildman–Crippen MR) is 84.2 cm³/mol. The number of rotatable bonds is 4. The Morgan fingerprint density at radius 2 is 2.05 bits per heavy atom. The number of hydrogen-bond donors (Lipinski definition) is 3. The van der Waals surface area contributed by atoms with Crippen LogP contribution in [-0.4, -0.2) is 28.7 Å². The first-order valence-electron chi connectivity index (χ1n) is 6.98. The Bertz CT molecular complexity index is 448. The molecule has 0 aromatic heterocycles. The van der Waals surface area contributed by atoms with Crippen LogP contribution in [0.25, 0.3) is 0 Å². The van der Waals surface area contributed by atoms with Crippen molar-refractivity contribution in [2.45, 2.75) is 43.6 Å². The molecule has 0 saturated heterocycles. The number of hydrogen-bond acceptors (Lipinski definition) is 3. The lowest BCUT2D eigenvalue weighted by atomic mass is 10.1. The highest BCUT2D eigenvalue weighted by atomic mass is 32.2. The first-order chi connectivity index (χ1) is 9.60. The van der Waals surface area contributed by atoms with Gasteiger partial charge in [-0.2, -0.15) is 11.8 Å². The second kappa shape index (κ2) is 6.99. The topological polar surface area (TPSA) is 61.4 Å². The van der Waals surface area contributed by atoms with Crippen LogP contribution in [0.3, 0.4) is 0 Å². The molecule has 20 heavy (non-hydrogen) atoms. The van der Waals surface area contributed by atoms with Gasteiger partial charge in [0.25, 0.3) is 0 Å². The van der Waals surface area contributed by atoms with E-state index in [1.807, 2.05) is 36.0 Å². The molecule has 2 rings (SSSR count). The summed E-state index contributed by atoms with van der Waals surface area (Å²) in [6, 6.07) is 7.37. The molecule has 1 aromatic rings. The molecule has 1 aromatic carbocycles. The van der Waals surface area contributed by atoms with Crippen LogP contribution < -0.4 is 10.6 Å². The monoisotopic (exact) mass is 294 g/mol. The van der Waals surface area contributed by atoms with Crippen molar-refractivity contribution in [2.24, 2.45) is 0 Å². The van der Waals surface area contributed by atoms with E-state index in [9.17, 15) is 9.90 Å². The average Bonchev–Trinajstić information content (AvgIpc) is 2.86. The van der Waals surface area contributed by atoms with Crippen molar-refractivity contribution in [1.82, 2.24) is 5.32 Å². The van der Waals surface area contributed by atoms with Crippen molar-refractivity contribution in [2.75, 3.05) is 11.6 Å². The van der Waals surface area contributed by atoms with Gasteiger partial charge < -0.3 is 15.7 Å². The van der Waals surface area contributed by atoms with Gasteiger partial charge in [-0.15, -0.1) is 0 Å². The zero-order valence-electron chi connectivity index (χ0n) is 11.9. The molecular formula is C15H22N2O2S. The lowest BCUT2D eigenvalue weighted by molar-refractivity contribution is 0.199. The Morgan fingerprint density at radius 1 is 1.35 bits per heavy atom. The third-order valence-electron chi connectivity index (χ3n) is 3.72. The number of carbonyl (C=O) groups is 1. The first kappa shape index (κ1) is 15.2. The van der Waals surface area contributed by atoms with Gasteiger partial charge in [-0.1, -0.05) is 18.6 Å². The molecule has 3 atom stereocenters. The fraction of sp³-hybridized carbons (Fsp3) is 0.533. The molecule has 1 aliphatic carbocycles. The predicted octanol–water partition coefficient (Wildman–Crippen LogP) is 3.15. The smallest absolute Gasteiger partial charge is 0.319 e. The van der Waals surface area contributed by atoms with Gasteiger partial charge >= 0.3 is 6.03 Å². The van der Waals surface area contributed by atoms with Crippen LogP contribution in [0.5, 0.6) is 0 Å². The van der Waals surface area contributed by atoms with E-state index in [1.54, 1.807) is 6.92 Å². The highest BCUT2D eigenvalue weighted by Gasteiger charge is 2.27. The second-order valence-electron chi connectivity index (χ2n) is 5.21. The number of amides is 2. The number of carbonyl (C=O) groups excluding carboxylic acids is 1. The van der Waals surface area contributed by atoms with Crippen molar-refractivity contribution in [3.05, 3.63) is 29.8 Å². The number of nitrogens with one attached hydrogen (secondary N) is 2. The molecule has 0 aliphatic heterocycles. The van der Waals surface area contributed by atoms with Gasteiger partial charge in [0.1, 0.15) is 0 Å². The summed E-state index contributed by atoms with van der Waals surface area (Å²) < 4.78 is 0. The summed E-state index contributed by atoms with van der Waals surface area (Å²) in [5, 5.41) is 15.9. The minimum atomic E-state index is -0.487. The summed E-state index contributed by atoms with van der Waals surface area (Å²) in [5.41, 5.74) is 1.58. The van der Waals surface area contributed by atoms with Crippen LogP contribution in [-0.2, 0) is 0 Å². The molecule has 1 saturated carbocycles. The maximum atomic E-state index is 12.0. The molecular weight excluding hydrogens is 272 g/mol. The summed E-state index contributed by atoms with van der Waals surface area (Å²) in [4.78, 5) is 12.0. The summed E-state index contributed by atoms with van der Waals surface area (Å²) >= 11 is 1.82. The van der Waals surface area contributed by atoms with Crippen molar-refractivity contribution < 1.29 is 9.90 Å². The van der Waals surface area contributed by atoms with Gasteiger partial charge in [0.05, 0.1) is 6.10 Å². The van der Waals surface area contributed by atoms with E-state index in [0.29, 0.717) is 5.25 Å². The SMILES string of the molecule is CSC1CCCC1NC(=O)Nc1ccc(C(C)O)cc1. The molecule has 110 valence electrons. The summed E-state index contributed by atoms with van der Waals surface area (Å²) in [5.74, 6) is 0. The van der Waals surface area contributed by atoms with E-state index >= 15 is 0 Å². The van der Waals surface area contributed by atoms with Gasteiger partial charge in [-0.3, -0.25) is 0 Å². The van der Waals surface area contributed by atoms with Crippen molar-refractivity contribution in [3.63, 3.8) is 0 Å². The van der Waals surface area contributed by atoms with Gasteiger partial charge in [0, 0.05) is 17.0 Å². The normalized spacial score (nSPS) is 23.4. The quantitative estimate of drug-likeness (QED) is 0.799. The fourth-order valence-electron chi connectivity index (χ4n) is 2.55. The maximum Gasteiger partial charge on any atom is 0.319 e. The summed E-state index contributed by atoms with van der Waals surface area (Å²) in [7, 11) is 0. The number of thioether (sulfide) groups is 1. The van der Waals surface area contributed by atoms with Gasteiger partial charge in [0.15, 0.2) is 0 Å². The number of urea groups is 1. The van der Waals surface area contributed by atoms with Crippen molar-refractivity contribution in [1.29, 1.82) is 0 Å². The number of benzene rings is 1. The second-order valence-corrected chi connectivity index (χ2v) is 6.28. The van der Waals surface area contributed by atoms with E-state index in [0.717, 1.165) is 17.7 Å². The summed E-state index contributed by atoms with van der Waals surface area (Å²) in [6.45, 7) is 1.72. The highest BCUT2D eigenvalue weighted by Crippen LogP contribution is 2.28. The van der Waals surface area contributed by atoms with E-state index in [4.69, 9.17) is 0 Å². The Morgan fingerprint density at radius 3 is 2.65 bits per heavy atom. The largest absolute Gasteiger partial charge is 0.389 e. The first-order valence-corrected chi connectivity index (χ1v) is 8.27. The Kier molecular flexibility index (Phi) is 5.31.